The van der Waals surface area contributed by atoms with Crippen molar-refractivity contribution in [2.45, 2.75) is 65.8 Å². The summed E-state index contributed by atoms with van der Waals surface area (Å²) in [6, 6.07) is 2.07. The maximum atomic E-state index is 12.7. The van der Waals surface area contributed by atoms with Crippen LogP contribution in [0.5, 0.6) is 0 Å². The van der Waals surface area contributed by atoms with Crippen LogP contribution in [0.1, 0.15) is 56.8 Å². The number of hydrogen-bond donors (Lipinski definition) is 0. The minimum Gasteiger partial charge on any atom is -0.342 e. The van der Waals surface area contributed by atoms with E-state index in [0.717, 1.165) is 69.8 Å². The molecule has 2 saturated heterocycles. The normalized spacial score (nSPS) is 23.7. The molecule has 1 aromatic heterocycles. The van der Waals surface area contributed by atoms with Gasteiger partial charge in [-0.15, -0.1) is 0 Å². The number of piperidine rings is 2. The molecule has 2 fully saturated rings. The van der Waals surface area contributed by atoms with Gasteiger partial charge >= 0.3 is 0 Å². The maximum absolute atomic E-state index is 12.7. The third-order valence-corrected chi connectivity index (χ3v) is 6.01. The zero-order chi connectivity index (χ0) is 18.7. The van der Waals surface area contributed by atoms with Crippen molar-refractivity contribution in [1.29, 1.82) is 0 Å². The van der Waals surface area contributed by atoms with Gasteiger partial charge in [-0.2, -0.15) is 5.10 Å². The van der Waals surface area contributed by atoms with Crippen molar-refractivity contribution >= 4 is 11.8 Å². The van der Waals surface area contributed by atoms with Crippen molar-refractivity contribution in [2.24, 2.45) is 5.41 Å². The topological polar surface area (TPSA) is 58.4 Å². The fourth-order valence-corrected chi connectivity index (χ4v) is 4.58. The minimum atomic E-state index is 0.119. The molecule has 0 aromatic carbocycles. The van der Waals surface area contributed by atoms with E-state index in [-0.39, 0.29) is 17.2 Å². The Morgan fingerprint density at radius 3 is 2.77 bits per heavy atom. The number of carbonyl (C=O) groups is 2. The van der Waals surface area contributed by atoms with Gasteiger partial charge in [0.2, 0.25) is 11.8 Å². The molecule has 6 heteroatoms. The maximum Gasteiger partial charge on any atom is 0.222 e. The van der Waals surface area contributed by atoms with Crippen LogP contribution in [-0.4, -0.2) is 57.6 Å². The fraction of sp³-hybridized carbons (Fsp3) is 0.750. The van der Waals surface area contributed by atoms with Crippen molar-refractivity contribution in [3.8, 4) is 0 Å². The summed E-state index contributed by atoms with van der Waals surface area (Å²) in [5, 5.41) is 4.47. The van der Waals surface area contributed by atoms with Crippen LogP contribution in [0.25, 0.3) is 0 Å². The molecular formula is C20H32N4O2. The van der Waals surface area contributed by atoms with E-state index in [9.17, 15) is 9.59 Å². The Hall–Kier alpha value is -1.85. The standard InChI is InChI=1S/C20H32N4O2/c1-4-22-14-20(10-8-19(22)26)9-6-11-23(15-20)18(25)7-5-12-24-17(3)13-16(2)21-24/h13H,4-12,14-15H2,1-3H3. The van der Waals surface area contributed by atoms with Crippen molar-refractivity contribution in [3.05, 3.63) is 17.5 Å². The quantitative estimate of drug-likeness (QED) is 0.811. The Labute approximate surface area is 156 Å². The molecule has 0 radical (unpaired) electrons. The molecule has 1 aromatic rings. The highest BCUT2D eigenvalue weighted by Crippen LogP contribution is 2.39. The van der Waals surface area contributed by atoms with E-state index in [1.165, 1.54) is 0 Å². The molecule has 1 spiro atoms. The molecular weight excluding hydrogens is 328 g/mol. The summed E-state index contributed by atoms with van der Waals surface area (Å²) in [6.07, 6.45) is 5.14. The largest absolute Gasteiger partial charge is 0.342 e. The summed E-state index contributed by atoms with van der Waals surface area (Å²) < 4.78 is 1.99. The predicted octanol–water partition coefficient (Wildman–Crippen LogP) is 2.53. The first-order valence-electron chi connectivity index (χ1n) is 9.99. The third kappa shape index (κ3) is 4.10. The molecule has 2 aliphatic heterocycles. The first-order chi connectivity index (χ1) is 12.4. The van der Waals surface area contributed by atoms with Crippen LogP contribution in [0, 0.1) is 19.3 Å². The molecule has 0 bridgehead atoms. The lowest BCUT2D eigenvalue weighted by atomic mass is 9.73. The van der Waals surface area contributed by atoms with Crippen molar-refractivity contribution < 1.29 is 9.59 Å². The number of aryl methyl sites for hydroxylation is 3. The number of carbonyl (C=O) groups excluding carboxylic acids is 2. The summed E-state index contributed by atoms with van der Waals surface area (Å²) in [5.41, 5.74) is 2.30. The Kier molecular flexibility index (Phi) is 5.68. The minimum absolute atomic E-state index is 0.119. The van der Waals surface area contributed by atoms with Gasteiger partial charge in [-0.25, -0.2) is 0 Å². The molecule has 144 valence electrons. The number of aromatic nitrogens is 2. The monoisotopic (exact) mass is 360 g/mol. The van der Waals surface area contributed by atoms with Gasteiger partial charge in [-0.1, -0.05) is 0 Å². The zero-order valence-electron chi connectivity index (χ0n) is 16.5. The van der Waals surface area contributed by atoms with Gasteiger partial charge in [-0.05, 0) is 52.5 Å². The number of nitrogens with zero attached hydrogens (tertiary/aromatic N) is 4. The molecule has 6 nitrogen and oxygen atoms in total. The van der Waals surface area contributed by atoms with Gasteiger partial charge in [-0.3, -0.25) is 14.3 Å². The van der Waals surface area contributed by atoms with Crippen molar-refractivity contribution in [1.82, 2.24) is 19.6 Å². The third-order valence-electron chi connectivity index (χ3n) is 6.01. The van der Waals surface area contributed by atoms with Gasteiger partial charge in [0.15, 0.2) is 0 Å². The molecule has 2 amide bonds. The van der Waals surface area contributed by atoms with Crippen LogP contribution in [0.3, 0.4) is 0 Å². The summed E-state index contributed by atoms with van der Waals surface area (Å²) >= 11 is 0. The van der Waals surface area contributed by atoms with E-state index >= 15 is 0 Å². The van der Waals surface area contributed by atoms with E-state index in [0.29, 0.717) is 12.8 Å². The summed E-state index contributed by atoms with van der Waals surface area (Å²) in [6.45, 7) is 10.2. The zero-order valence-corrected chi connectivity index (χ0v) is 16.5. The lowest BCUT2D eigenvalue weighted by molar-refractivity contribution is -0.142. The molecule has 0 N–H and O–H groups in total. The Morgan fingerprint density at radius 2 is 2.08 bits per heavy atom. The Morgan fingerprint density at radius 1 is 1.27 bits per heavy atom. The second kappa shape index (κ2) is 7.80. The molecule has 0 saturated carbocycles. The van der Waals surface area contributed by atoms with Gasteiger partial charge in [0.25, 0.3) is 0 Å². The van der Waals surface area contributed by atoms with E-state index in [1.807, 2.05) is 28.3 Å². The van der Waals surface area contributed by atoms with E-state index in [4.69, 9.17) is 0 Å². The number of amides is 2. The average Bonchev–Trinajstić information content (AvgIpc) is 2.95. The molecule has 0 aliphatic carbocycles. The van der Waals surface area contributed by atoms with E-state index in [2.05, 4.69) is 18.1 Å². The van der Waals surface area contributed by atoms with Crippen molar-refractivity contribution in [3.63, 3.8) is 0 Å². The van der Waals surface area contributed by atoms with Gasteiger partial charge in [0.1, 0.15) is 0 Å². The van der Waals surface area contributed by atoms with Crippen molar-refractivity contribution in [2.75, 3.05) is 26.2 Å². The van der Waals surface area contributed by atoms with Crippen LogP contribution < -0.4 is 0 Å². The summed E-state index contributed by atoms with van der Waals surface area (Å²) in [5.74, 6) is 0.525. The van der Waals surface area contributed by atoms with E-state index in [1.54, 1.807) is 0 Å². The first kappa shape index (κ1) is 18.9. The van der Waals surface area contributed by atoms with Gasteiger partial charge < -0.3 is 9.80 Å². The second-order valence-electron chi connectivity index (χ2n) is 8.08. The highest BCUT2D eigenvalue weighted by molar-refractivity contribution is 5.78. The lowest BCUT2D eigenvalue weighted by Gasteiger charge is -2.48. The van der Waals surface area contributed by atoms with Crippen LogP contribution in [0.4, 0.5) is 0 Å². The SMILES string of the molecule is CCN1CC2(CCCN(C(=O)CCCn3nc(C)cc3C)C2)CCC1=O. The van der Waals surface area contributed by atoms with E-state index < -0.39 is 0 Å². The fourth-order valence-electron chi connectivity index (χ4n) is 4.58. The highest BCUT2D eigenvalue weighted by Gasteiger charge is 2.42. The first-order valence-corrected chi connectivity index (χ1v) is 9.99. The molecule has 1 unspecified atom stereocenters. The Balaban J connectivity index is 1.53. The smallest absolute Gasteiger partial charge is 0.222 e. The molecule has 2 aliphatic rings. The number of rotatable bonds is 5. The summed E-state index contributed by atoms with van der Waals surface area (Å²) in [4.78, 5) is 28.8. The van der Waals surface area contributed by atoms with Gasteiger partial charge in [0.05, 0.1) is 5.69 Å². The highest BCUT2D eigenvalue weighted by atomic mass is 16.2. The predicted molar refractivity (Wildman–Crippen MR) is 101 cm³/mol. The van der Waals surface area contributed by atoms with Crippen LogP contribution >= 0.6 is 0 Å². The molecule has 3 rings (SSSR count). The molecule has 1 atom stereocenters. The lowest BCUT2D eigenvalue weighted by Crippen LogP contribution is -2.55. The Bertz CT molecular complexity index is 669. The number of likely N-dealkylation sites (tertiary alicyclic amines) is 2. The number of hydrogen-bond acceptors (Lipinski definition) is 3. The van der Waals surface area contributed by atoms with Crippen LogP contribution in [0.15, 0.2) is 6.07 Å². The molecule has 26 heavy (non-hydrogen) atoms. The average molecular weight is 361 g/mol. The van der Waals surface area contributed by atoms with Crippen LogP contribution in [-0.2, 0) is 16.1 Å². The molecule has 3 heterocycles. The second-order valence-corrected chi connectivity index (χ2v) is 8.08. The van der Waals surface area contributed by atoms with Crippen LogP contribution in [0.2, 0.25) is 0 Å². The summed E-state index contributed by atoms with van der Waals surface area (Å²) in [7, 11) is 0. The van der Waals surface area contributed by atoms with Gasteiger partial charge in [0, 0.05) is 56.7 Å².